The van der Waals surface area contributed by atoms with Crippen molar-refractivity contribution in [2.24, 2.45) is 0 Å². The largest absolute Gasteiger partial charge is 0.393 e. The molecule has 1 saturated carbocycles. The average molecular weight is 292 g/mol. The highest BCUT2D eigenvalue weighted by molar-refractivity contribution is 5.58. The third kappa shape index (κ3) is 4.30. The molecular weight excluding hydrogens is 264 g/mol. The van der Waals surface area contributed by atoms with Crippen molar-refractivity contribution in [3.05, 3.63) is 11.4 Å². The number of hydrogen-bond acceptors (Lipinski definition) is 5. The SMILES string of the molecule is CCCNc1nc(C2CC2)nc(N(C)CCC(C)O)c1C. The van der Waals surface area contributed by atoms with Gasteiger partial charge in [-0.05, 0) is 39.5 Å². The molecule has 1 aliphatic carbocycles. The molecule has 1 aromatic heterocycles. The molecule has 2 N–H and O–H groups in total. The van der Waals surface area contributed by atoms with Crippen LogP contribution in [-0.4, -0.2) is 41.3 Å². The van der Waals surface area contributed by atoms with E-state index in [-0.39, 0.29) is 6.10 Å². The van der Waals surface area contributed by atoms with Crippen LogP contribution in [0.15, 0.2) is 0 Å². The van der Waals surface area contributed by atoms with Crippen molar-refractivity contribution < 1.29 is 5.11 Å². The molecule has 0 saturated heterocycles. The van der Waals surface area contributed by atoms with Gasteiger partial charge in [-0.15, -0.1) is 0 Å². The van der Waals surface area contributed by atoms with E-state index in [1.807, 2.05) is 14.0 Å². The van der Waals surface area contributed by atoms with Gasteiger partial charge in [0.25, 0.3) is 0 Å². The van der Waals surface area contributed by atoms with Crippen molar-refractivity contribution >= 4 is 11.6 Å². The van der Waals surface area contributed by atoms with E-state index in [2.05, 4.69) is 24.1 Å². The molecule has 0 spiro atoms. The van der Waals surface area contributed by atoms with E-state index in [9.17, 15) is 5.11 Å². The smallest absolute Gasteiger partial charge is 0.137 e. The summed E-state index contributed by atoms with van der Waals surface area (Å²) in [5.74, 6) is 3.47. The van der Waals surface area contributed by atoms with E-state index in [1.54, 1.807) is 0 Å². The molecule has 1 aliphatic rings. The van der Waals surface area contributed by atoms with Crippen molar-refractivity contribution in [2.45, 2.75) is 58.5 Å². The van der Waals surface area contributed by atoms with Crippen LogP contribution in [0.1, 0.15) is 56.8 Å². The van der Waals surface area contributed by atoms with Crippen LogP contribution in [0.5, 0.6) is 0 Å². The van der Waals surface area contributed by atoms with Gasteiger partial charge in [0, 0.05) is 31.6 Å². The number of nitrogens with one attached hydrogen (secondary N) is 1. The Kier molecular flexibility index (Phi) is 5.39. The van der Waals surface area contributed by atoms with Crippen molar-refractivity contribution in [3.8, 4) is 0 Å². The topological polar surface area (TPSA) is 61.3 Å². The second-order valence-corrected chi connectivity index (χ2v) is 6.14. The Hall–Kier alpha value is -1.36. The summed E-state index contributed by atoms with van der Waals surface area (Å²) in [6.45, 7) is 7.78. The van der Waals surface area contributed by atoms with Gasteiger partial charge in [0.1, 0.15) is 17.5 Å². The molecule has 5 heteroatoms. The van der Waals surface area contributed by atoms with E-state index >= 15 is 0 Å². The minimum Gasteiger partial charge on any atom is -0.393 e. The quantitative estimate of drug-likeness (QED) is 0.771. The maximum Gasteiger partial charge on any atom is 0.137 e. The molecule has 0 amide bonds. The first kappa shape index (κ1) is 16.0. The predicted octanol–water partition coefficient (Wildman–Crippen LogP) is 2.69. The fraction of sp³-hybridized carbons (Fsp3) is 0.750. The summed E-state index contributed by atoms with van der Waals surface area (Å²) in [5, 5.41) is 12.9. The molecule has 5 nitrogen and oxygen atoms in total. The highest BCUT2D eigenvalue weighted by Crippen LogP contribution is 2.40. The van der Waals surface area contributed by atoms with Crippen LogP contribution < -0.4 is 10.2 Å². The Morgan fingerprint density at radius 1 is 1.38 bits per heavy atom. The molecule has 1 heterocycles. The monoisotopic (exact) mass is 292 g/mol. The van der Waals surface area contributed by atoms with E-state index in [1.165, 1.54) is 12.8 Å². The maximum absolute atomic E-state index is 9.47. The normalized spacial score (nSPS) is 15.9. The molecule has 0 bridgehead atoms. The van der Waals surface area contributed by atoms with Crippen molar-refractivity contribution in [3.63, 3.8) is 0 Å². The summed E-state index contributed by atoms with van der Waals surface area (Å²) >= 11 is 0. The Balaban J connectivity index is 2.22. The molecule has 21 heavy (non-hydrogen) atoms. The molecule has 118 valence electrons. The number of anilines is 2. The standard InChI is InChI=1S/C16H28N4O/c1-5-9-17-14-12(3)16(20(4)10-8-11(2)21)19-15(18-14)13-6-7-13/h11,13,21H,5-10H2,1-4H3,(H,17,18,19). The number of nitrogens with zero attached hydrogens (tertiary/aromatic N) is 3. The molecule has 1 atom stereocenters. The highest BCUT2D eigenvalue weighted by atomic mass is 16.3. The summed E-state index contributed by atoms with van der Waals surface area (Å²) in [7, 11) is 2.04. The van der Waals surface area contributed by atoms with Crippen molar-refractivity contribution in [1.82, 2.24) is 9.97 Å². The zero-order valence-electron chi connectivity index (χ0n) is 13.7. The number of aliphatic hydroxyl groups is 1. The van der Waals surface area contributed by atoms with E-state index < -0.39 is 0 Å². The van der Waals surface area contributed by atoms with Gasteiger partial charge in [0.2, 0.25) is 0 Å². The van der Waals surface area contributed by atoms with Crippen LogP contribution in [0.25, 0.3) is 0 Å². The van der Waals surface area contributed by atoms with Gasteiger partial charge in [0.05, 0.1) is 6.10 Å². The van der Waals surface area contributed by atoms with Crippen molar-refractivity contribution in [2.75, 3.05) is 30.4 Å². The second-order valence-electron chi connectivity index (χ2n) is 6.14. The zero-order chi connectivity index (χ0) is 15.4. The van der Waals surface area contributed by atoms with E-state index in [0.29, 0.717) is 5.92 Å². The second kappa shape index (κ2) is 7.07. The number of aromatic nitrogens is 2. The Bertz CT molecular complexity index is 472. The van der Waals surface area contributed by atoms with Crippen molar-refractivity contribution in [1.29, 1.82) is 0 Å². The molecule has 1 unspecified atom stereocenters. The van der Waals surface area contributed by atoms with Gasteiger partial charge < -0.3 is 15.3 Å². The fourth-order valence-electron chi connectivity index (χ4n) is 2.32. The van der Waals surface area contributed by atoms with Crippen LogP contribution in [-0.2, 0) is 0 Å². The van der Waals surface area contributed by atoms with Crippen LogP contribution >= 0.6 is 0 Å². The lowest BCUT2D eigenvalue weighted by molar-refractivity contribution is 0.187. The van der Waals surface area contributed by atoms with Crippen LogP contribution in [0.2, 0.25) is 0 Å². The van der Waals surface area contributed by atoms with Crippen LogP contribution in [0.4, 0.5) is 11.6 Å². The number of rotatable bonds is 8. The first-order valence-electron chi connectivity index (χ1n) is 8.04. The van der Waals surface area contributed by atoms with Crippen LogP contribution in [0.3, 0.4) is 0 Å². The average Bonchev–Trinajstić information content (AvgIpc) is 3.28. The summed E-state index contributed by atoms with van der Waals surface area (Å²) in [4.78, 5) is 11.6. The molecule has 0 aromatic carbocycles. The summed E-state index contributed by atoms with van der Waals surface area (Å²) in [5.41, 5.74) is 1.10. The van der Waals surface area contributed by atoms with E-state index in [4.69, 9.17) is 9.97 Å². The number of aliphatic hydroxyl groups excluding tert-OH is 1. The molecule has 2 rings (SSSR count). The molecular formula is C16H28N4O. The molecule has 1 aromatic rings. The Labute approximate surface area is 127 Å². The fourth-order valence-corrected chi connectivity index (χ4v) is 2.32. The minimum atomic E-state index is -0.282. The lowest BCUT2D eigenvalue weighted by Crippen LogP contribution is -2.25. The van der Waals surface area contributed by atoms with Gasteiger partial charge in [-0.3, -0.25) is 0 Å². The maximum atomic E-state index is 9.47. The Morgan fingerprint density at radius 3 is 2.67 bits per heavy atom. The highest BCUT2D eigenvalue weighted by Gasteiger charge is 2.28. The molecule has 0 radical (unpaired) electrons. The van der Waals surface area contributed by atoms with E-state index in [0.717, 1.165) is 49.0 Å². The van der Waals surface area contributed by atoms with Gasteiger partial charge in [-0.1, -0.05) is 6.92 Å². The first-order chi connectivity index (χ1) is 10.0. The van der Waals surface area contributed by atoms with Gasteiger partial charge >= 0.3 is 0 Å². The third-order valence-corrected chi connectivity index (χ3v) is 3.87. The zero-order valence-corrected chi connectivity index (χ0v) is 13.7. The lowest BCUT2D eigenvalue weighted by Gasteiger charge is -2.23. The van der Waals surface area contributed by atoms with Gasteiger partial charge in [-0.2, -0.15) is 0 Å². The molecule has 1 fully saturated rings. The summed E-state index contributed by atoms with van der Waals surface area (Å²) in [6, 6.07) is 0. The Morgan fingerprint density at radius 2 is 2.10 bits per heavy atom. The van der Waals surface area contributed by atoms with Crippen LogP contribution in [0, 0.1) is 6.92 Å². The lowest BCUT2D eigenvalue weighted by atomic mass is 10.2. The summed E-state index contributed by atoms with van der Waals surface area (Å²) < 4.78 is 0. The third-order valence-electron chi connectivity index (χ3n) is 3.87. The predicted molar refractivity (Wildman–Crippen MR) is 87.1 cm³/mol. The van der Waals surface area contributed by atoms with Gasteiger partial charge in [-0.25, -0.2) is 9.97 Å². The summed E-state index contributed by atoms with van der Waals surface area (Å²) in [6.07, 6.45) is 3.95. The number of hydrogen-bond donors (Lipinski definition) is 2. The van der Waals surface area contributed by atoms with Gasteiger partial charge in [0.15, 0.2) is 0 Å². The molecule has 0 aliphatic heterocycles. The minimum absolute atomic E-state index is 0.282. The first-order valence-corrected chi connectivity index (χ1v) is 8.04.